The molecule has 5 heteroatoms. The Morgan fingerprint density at radius 2 is 0.833 bits per heavy atom. The zero-order valence-corrected chi connectivity index (χ0v) is 19.5. The van der Waals surface area contributed by atoms with Crippen LogP contribution in [-0.4, -0.2) is 25.5 Å². The summed E-state index contributed by atoms with van der Waals surface area (Å²) in [4.78, 5) is 0. The van der Waals surface area contributed by atoms with Crippen molar-refractivity contribution in [1.82, 2.24) is 0 Å². The molecule has 0 atom stereocenters. The first-order chi connectivity index (χ1) is 17.4. The van der Waals surface area contributed by atoms with Gasteiger partial charge in [0.15, 0.2) is 0 Å². The van der Waals surface area contributed by atoms with Crippen molar-refractivity contribution in [2.45, 2.75) is 19.3 Å². The Hall–Kier alpha value is -4.64. The molecule has 0 bridgehead atoms. The van der Waals surface area contributed by atoms with Gasteiger partial charge in [-0.15, -0.1) is 0 Å². The molecule has 0 aliphatic heterocycles. The molecule has 0 unspecified atom stereocenters. The zero-order valence-electron chi connectivity index (χ0n) is 19.5. The van der Waals surface area contributed by atoms with Gasteiger partial charge < -0.3 is 25.5 Å². The van der Waals surface area contributed by atoms with Crippen LogP contribution in [-0.2, 0) is 19.3 Å². The van der Waals surface area contributed by atoms with Gasteiger partial charge in [-0.25, -0.2) is 0 Å². The van der Waals surface area contributed by atoms with Gasteiger partial charge in [0, 0.05) is 30.2 Å². The number of aromatic hydroxyl groups is 5. The van der Waals surface area contributed by atoms with E-state index in [0.717, 1.165) is 27.6 Å². The van der Waals surface area contributed by atoms with Gasteiger partial charge in [0.2, 0.25) is 0 Å². The van der Waals surface area contributed by atoms with E-state index in [2.05, 4.69) is 0 Å². The van der Waals surface area contributed by atoms with Crippen LogP contribution in [0.4, 0.5) is 0 Å². The predicted octanol–water partition coefficient (Wildman–Crippen LogP) is 6.14. The second-order valence-electron chi connectivity index (χ2n) is 9.06. The maximum Gasteiger partial charge on any atom is 0.126 e. The highest BCUT2D eigenvalue weighted by molar-refractivity contribution is 5.94. The maximum atomic E-state index is 11.3. The number of benzene rings is 5. The Morgan fingerprint density at radius 1 is 0.389 bits per heavy atom. The van der Waals surface area contributed by atoms with Crippen molar-refractivity contribution in [3.05, 3.63) is 124 Å². The molecule has 0 aliphatic rings. The number of hydrogen-bond acceptors (Lipinski definition) is 5. The Kier molecular flexibility index (Phi) is 6.13. The van der Waals surface area contributed by atoms with Crippen molar-refractivity contribution in [2.24, 2.45) is 0 Å². The molecule has 0 fully saturated rings. The van der Waals surface area contributed by atoms with Gasteiger partial charge in [-0.1, -0.05) is 48.5 Å². The topological polar surface area (TPSA) is 101 Å². The van der Waals surface area contributed by atoms with Crippen LogP contribution in [0.5, 0.6) is 28.7 Å². The molecular weight excluding hydrogens is 452 g/mol. The lowest BCUT2D eigenvalue weighted by Crippen LogP contribution is -1.98. The van der Waals surface area contributed by atoms with Crippen molar-refractivity contribution >= 4 is 10.8 Å². The number of hydrogen-bond donors (Lipinski definition) is 5. The van der Waals surface area contributed by atoms with Gasteiger partial charge in [-0.05, 0) is 75.7 Å². The fourth-order valence-electron chi connectivity index (χ4n) is 4.57. The molecule has 5 aromatic rings. The van der Waals surface area contributed by atoms with E-state index < -0.39 is 0 Å². The molecule has 0 aliphatic carbocycles. The van der Waals surface area contributed by atoms with Crippen LogP contribution in [0.15, 0.2) is 91.0 Å². The zero-order chi connectivity index (χ0) is 25.2. The normalized spacial score (nSPS) is 11.1. The highest BCUT2D eigenvalue weighted by atomic mass is 16.3. The van der Waals surface area contributed by atoms with E-state index >= 15 is 0 Å². The van der Waals surface area contributed by atoms with Crippen molar-refractivity contribution in [2.75, 3.05) is 0 Å². The van der Waals surface area contributed by atoms with E-state index in [1.807, 2.05) is 42.5 Å². The van der Waals surface area contributed by atoms with E-state index in [4.69, 9.17) is 0 Å². The summed E-state index contributed by atoms with van der Waals surface area (Å²) in [5, 5.41) is 52.9. The fraction of sp³-hybridized carbons (Fsp3) is 0.0968. The van der Waals surface area contributed by atoms with E-state index in [0.29, 0.717) is 35.8 Å². The molecule has 0 amide bonds. The lowest BCUT2D eigenvalue weighted by Gasteiger charge is -2.17. The summed E-state index contributed by atoms with van der Waals surface area (Å²) < 4.78 is 0. The largest absolute Gasteiger partial charge is 0.508 e. The van der Waals surface area contributed by atoms with E-state index in [1.165, 1.54) is 0 Å². The quantitative estimate of drug-likeness (QED) is 0.202. The molecule has 5 N–H and O–H groups in total. The molecule has 5 aromatic carbocycles. The smallest absolute Gasteiger partial charge is 0.126 e. The van der Waals surface area contributed by atoms with Gasteiger partial charge in [-0.3, -0.25) is 0 Å². The van der Waals surface area contributed by atoms with Gasteiger partial charge in [0.1, 0.15) is 28.7 Å². The van der Waals surface area contributed by atoms with Crippen LogP contribution in [0, 0.1) is 0 Å². The number of phenols is 5. The highest BCUT2D eigenvalue weighted by Crippen LogP contribution is 2.40. The minimum absolute atomic E-state index is 0.152. The molecule has 0 saturated heterocycles. The van der Waals surface area contributed by atoms with E-state index in [1.54, 1.807) is 48.5 Å². The lowest BCUT2D eigenvalue weighted by atomic mass is 9.90. The van der Waals surface area contributed by atoms with Crippen molar-refractivity contribution < 1.29 is 25.5 Å². The average molecular weight is 479 g/mol. The minimum atomic E-state index is 0.152. The Morgan fingerprint density at radius 3 is 1.33 bits per heavy atom. The van der Waals surface area contributed by atoms with Crippen molar-refractivity contribution in [1.29, 1.82) is 0 Å². The fourth-order valence-corrected chi connectivity index (χ4v) is 4.57. The Labute approximate surface area is 208 Å². The predicted molar refractivity (Wildman–Crippen MR) is 140 cm³/mol. The third-order valence-corrected chi connectivity index (χ3v) is 6.51. The Balaban J connectivity index is 1.63. The van der Waals surface area contributed by atoms with Gasteiger partial charge in [0.05, 0.1) is 0 Å². The summed E-state index contributed by atoms with van der Waals surface area (Å²) in [7, 11) is 0. The summed E-state index contributed by atoms with van der Waals surface area (Å²) in [5.74, 6) is 0.847. The first kappa shape index (κ1) is 23.1. The summed E-state index contributed by atoms with van der Waals surface area (Å²) in [5.41, 5.74) is 4.88. The van der Waals surface area contributed by atoms with Crippen LogP contribution in [0.25, 0.3) is 10.8 Å². The second-order valence-corrected chi connectivity index (χ2v) is 9.06. The SMILES string of the molecule is Oc1ccc(Cc2cc3c(O)c(Cc4ccc(O)cc4)ccc3c(Cc3ccc(O)cc3)c2O)cc1. The molecule has 0 radical (unpaired) electrons. The summed E-state index contributed by atoms with van der Waals surface area (Å²) in [6, 6.07) is 26.2. The number of rotatable bonds is 6. The number of fused-ring (bicyclic) bond motifs is 1. The van der Waals surface area contributed by atoms with Gasteiger partial charge in [0.25, 0.3) is 0 Å². The molecule has 0 spiro atoms. The molecular formula is C31H26O5. The molecule has 180 valence electrons. The average Bonchev–Trinajstić information content (AvgIpc) is 2.87. The number of phenolic OH excluding ortho intramolecular Hbond substituents is 5. The third kappa shape index (κ3) is 4.77. The third-order valence-electron chi connectivity index (χ3n) is 6.51. The van der Waals surface area contributed by atoms with Crippen LogP contribution in [0.2, 0.25) is 0 Å². The second kappa shape index (κ2) is 9.55. The lowest BCUT2D eigenvalue weighted by molar-refractivity contribution is 0.463. The van der Waals surface area contributed by atoms with E-state index in [-0.39, 0.29) is 28.7 Å². The minimum Gasteiger partial charge on any atom is -0.508 e. The molecule has 0 aromatic heterocycles. The van der Waals surface area contributed by atoms with Crippen LogP contribution < -0.4 is 0 Å². The van der Waals surface area contributed by atoms with Gasteiger partial charge >= 0.3 is 0 Å². The van der Waals surface area contributed by atoms with E-state index in [9.17, 15) is 25.5 Å². The molecule has 0 heterocycles. The standard InChI is InChI=1S/C31H26O5/c32-24-8-1-19(2-9-24)15-22-7-14-27-28(17-21-5-12-26(34)13-6-21)31(36)23(18-29(27)30(22)35)16-20-3-10-25(33)11-4-20/h1-14,18,32-36H,15-17H2. The monoisotopic (exact) mass is 478 g/mol. The summed E-state index contributed by atoms with van der Waals surface area (Å²) in [6.07, 6.45) is 1.33. The summed E-state index contributed by atoms with van der Waals surface area (Å²) in [6.45, 7) is 0. The van der Waals surface area contributed by atoms with Crippen LogP contribution in [0.3, 0.4) is 0 Å². The van der Waals surface area contributed by atoms with Gasteiger partial charge in [-0.2, -0.15) is 0 Å². The molecule has 5 rings (SSSR count). The maximum absolute atomic E-state index is 11.3. The first-order valence-corrected chi connectivity index (χ1v) is 11.7. The first-order valence-electron chi connectivity index (χ1n) is 11.7. The van der Waals surface area contributed by atoms with Crippen LogP contribution >= 0.6 is 0 Å². The molecule has 0 saturated carbocycles. The van der Waals surface area contributed by atoms with Crippen LogP contribution in [0.1, 0.15) is 33.4 Å². The molecule has 5 nitrogen and oxygen atoms in total. The summed E-state index contributed by atoms with van der Waals surface area (Å²) >= 11 is 0. The Bertz CT molecular complexity index is 1520. The highest BCUT2D eigenvalue weighted by Gasteiger charge is 2.18. The van der Waals surface area contributed by atoms with Crippen molar-refractivity contribution in [3.63, 3.8) is 0 Å². The van der Waals surface area contributed by atoms with Crippen molar-refractivity contribution in [3.8, 4) is 28.7 Å². The molecule has 36 heavy (non-hydrogen) atoms.